The monoisotopic (exact) mass is 1060 g/mol. The zero-order chi connectivity index (χ0) is 57.6. The highest BCUT2D eigenvalue weighted by Gasteiger charge is 2.44. The van der Waals surface area contributed by atoms with Crippen molar-refractivity contribution in [1.82, 2.24) is 0 Å². The lowest BCUT2D eigenvalue weighted by Gasteiger charge is -2.16. The van der Waals surface area contributed by atoms with E-state index in [9.17, 15) is 37.5 Å². The van der Waals surface area contributed by atoms with Crippen LogP contribution >= 0.6 is 0 Å². The average Bonchev–Trinajstić information content (AvgIpc) is 4.07. The van der Waals surface area contributed by atoms with Crippen molar-refractivity contribution in [2.24, 2.45) is 5.92 Å². The second kappa shape index (κ2) is 47.4. The molecule has 428 valence electrons. The molecule has 0 aromatic heterocycles. The van der Waals surface area contributed by atoms with Crippen molar-refractivity contribution < 1.29 is 104 Å². The smallest absolute Gasteiger partial charge is 0.422 e. The molecule has 0 aromatic carbocycles. The number of rotatable bonds is 16. The summed E-state index contributed by atoms with van der Waals surface area (Å²) in [4.78, 5) is 40.3. The third-order valence-electron chi connectivity index (χ3n) is 8.94. The molecule has 7 unspecified atom stereocenters. The topological polar surface area (TPSA) is 237 Å². The Hall–Kier alpha value is -4.33. The number of carbonyl (C=O) groups is 4. The molecule has 0 aromatic rings. The maximum Gasteiger partial charge on any atom is 0.422 e. The number of esters is 3. The number of epoxide rings is 5. The van der Waals surface area contributed by atoms with E-state index in [0.29, 0.717) is 42.7 Å². The Morgan fingerprint density at radius 3 is 1.44 bits per heavy atom. The number of ketones is 1. The molecule has 1 saturated carbocycles. The summed E-state index contributed by atoms with van der Waals surface area (Å²) < 4.78 is 99.5. The van der Waals surface area contributed by atoms with Gasteiger partial charge in [-0.1, -0.05) is 39.0 Å². The number of halogens is 3. The molecule has 0 spiro atoms. The minimum atomic E-state index is -4.69. The first kappa shape index (κ1) is 77.6. The van der Waals surface area contributed by atoms with Crippen LogP contribution in [0.5, 0.6) is 0 Å². The fourth-order valence-corrected chi connectivity index (χ4v) is 4.07. The third-order valence-corrected chi connectivity index (χ3v) is 8.94. The molecule has 73 heavy (non-hydrogen) atoms. The van der Waals surface area contributed by atoms with Crippen LogP contribution in [0.4, 0.5) is 13.2 Å². The molecule has 6 fully saturated rings. The first-order valence-corrected chi connectivity index (χ1v) is 22.7. The largest absolute Gasteiger partial charge is 0.834 e. The first-order valence-electron chi connectivity index (χ1n) is 22.7. The van der Waals surface area contributed by atoms with E-state index < -0.39 is 30.5 Å². The van der Waals surface area contributed by atoms with Crippen molar-refractivity contribution in [2.75, 3.05) is 117 Å². The van der Waals surface area contributed by atoms with Gasteiger partial charge in [0, 0.05) is 46.7 Å². The highest BCUT2D eigenvalue weighted by Crippen LogP contribution is 2.39. The first-order chi connectivity index (χ1) is 34.1. The Bertz CT molecular complexity index is 1510. The Balaban J connectivity index is -0.000000235. The SMILES string of the molecule is C=C(C(=O)OC)C(F)(F)F.C=C(C)C(=O)OC.C=CC(=O)COC[O-].C=CC(=O)OC.C=CCOC.C=COC.CC1CO1.CC1OC1(C)C.COCC1(C)CO1.COCC1CCC2OC2C1.COCC1CO1. The summed E-state index contributed by atoms with van der Waals surface area (Å²) in [6, 6.07) is 0. The van der Waals surface area contributed by atoms with Crippen LogP contribution in [0.1, 0.15) is 60.8 Å². The fourth-order valence-electron chi connectivity index (χ4n) is 4.07. The van der Waals surface area contributed by atoms with Crippen molar-refractivity contribution in [2.45, 2.75) is 109 Å². The van der Waals surface area contributed by atoms with Gasteiger partial charge < -0.3 is 71.4 Å². The van der Waals surface area contributed by atoms with Gasteiger partial charge in [-0.05, 0) is 79.6 Å². The van der Waals surface area contributed by atoms with E-state index in [1.807, 2.05) is 6.92 Å². The Morgan fingerprint density at radius 2 is 1.26 bits per heavy atom. The molecule has 0 radical (unpaired) electrons. The summed E-state index contributed by atoms with van der Waals surface area (Å²) in [5.41, 5.74) is -0.771. The molecule has 1 aliphatic carbocycles. The molecule has 0 bridgehead atoms. The van der Waals surface area contributed by atoms with E-state index in [4.69, 9.17) is 37.9 Å². The number of carbonyl (C=O) groups excluding carboxylic acids is 4. The lowest BCUT2D eigenvalue weighted by atomic mass is 9.90. The van der Waals surface area contributed by atoms with Crippen LogP contribution in [0.2, 0.25) is 0 Å². The zero-order valence-electron chi connectivity index (χ0n) is 45.9. The van der Waals surface area contributed by atoms with Gasteiger partial charge in [0.2, 0.25) is 0 Å². The maximum absolute atomic E-state index is 11.5. The molecular weight excluding hydrogens is 974 g/mol. The Labute approximate surface area is 432 Å². The van der Waals surface area contributed by atoms with Crippen molar-refractivity contribution in [1.29, 1.82) is 0 Å². The molecule has 5 saturated heterocycles. The molecule has 7 atom stereocenters. The lowest BCUT2D eigenvalue weighted by Crippen LogP contribution is -2.19. The average molecular weight is 1060 g/mol. The summed E-state index contributed by atoms with van der Waals surface area (Å²) in [6.07, 6.45) is 7.17. The summed E-state index contributed by atoms with van der Waals surface area (Å²) in [7, 11) is 11.9. The van der Waals surface area contributed by atoms with Gasteiger partial charge in [0.25, 0.3) is 0 Å². The van der Waals surface area contributed by atoms with E-state index >= 15 is 0 Å². The van der Waals surface area contributed by atoms with E-state index in [0.717, 1.165) is 64.8 Å². The lowest BCUT2D eigenvalue weighted by molar-refractivity contribution is -0.429. The quantitative estimate of drug-likeness (QED) is 0.0315. The Morgan fingerprint density at radius 1 is 0.767 bits per heavy atom. The second-order valence-electron chi connectivity index (χ2n) is 16.2. The number of ether oxygens (including phenoxy) is 14. The predicted molar refractivity (Wildman–Crippen MR) is 267 cm³/mol. The molecule has 0 amide bonds. The second-order valence-corrected chi connectivity index (χ2v) is 16.2. The number of fused-ring (bicyclic) bond motifs is 1. The molecule has 6 rings (SSSR count). The normalized spacial score (nSPS) is 22.3. The summed E-state index contributed by atoms with van der Waals surface area (Å²) in [6.45, 7) is 35.8. The van der Waals surface area contributed by atoms with E-state index in [2.05, 4.69) is 95.6 Å². The standard InChI is InChI=1S/C8H14O2.C5H5F3O2.C5H7O3.C5H10O2.C5H8O2.C5H10O.C4H8O2.C4H6O2.C4H8O.2C3H6O/c1-9-5-6-2-3-7-8(4-6)10-7;1-3(4(9)10-2)5(6,7)8;1-2-5(7)3-8-4-6;1-5(3-6-2)4-7-5;1-4(2)5(6)7-3;1-4-5(2,3)6-4;1-5-2-4-3-6-4;1-3-4(5)6-2;1-3-4-5-2;1-3-2-4-3;1-3-4-2/h6-8H,2-5H2,1H3;1H2,2H3;2H,1,3-4H2;3-4H2,1-2H3;1H2,2-3H3;4H,1-3H3;4H,2-3H2,1H3;3H,1H2,2H3;3H,1,4H2,2H3;3H,2H2,1H3;3H,1H2,2H3/q;;-1;;;;;;;;. The molecule has 6 aliphatic rings. The van der Waals surface area contributed by atoms with Crippen LogP contribution in [0, 0.1) is 5.92 Å². The van der Waals surface area contributed by atoms with Crippen LogP contribution < -0.4 is 5.11 Å². The van der Waals surface area contributed by atoms with Crippen molar-refractivity contribution in [3.63, 3.8) is 0 Å². The van der Waals surface area contributed by atoms with Crippen molar-refractivity contribution in [3.05, 3.63) is 75.1 Å². The van der Waals surface area contributed by atoms with Crippen molar-refractivity contribution >= 4 is 23.7 Å². The van der Waals surface area contributed by atoms with Gasteiger partial charge in [-0.2, -0.15) is 13.2 Å². The van der Waals surface area contributed by atoms with Crippen LogP contribution in [-0.2, 0) is 85.5 Å². The molecule has 0 N–H and O–H groups in total. The summed E-state index contributed by atoms with van der Waals surface area (Å²) >= 11 is 0. The van der Waals surface area contributed by atoms with Crippen molar-refractivity contribution in [3.8, 4) is 0 Å². The number of alkyl halides is 3. The molecule has 19 nitrogen and oxygen atoms in total. The minimum Gasteiger partial charge on any atom is -0.834 e. The van der Waals surface area contributed by atoms with E-state index in [1.165, 1.54) is 39.7 Å². The van der Waals surface area contributed by atoms with E-state index in [-0.39, 0.29) is 29.6 Å². The van der Waals surface area contributed by atoms with Gasteiger partial charge in [-0.3, -0.25) is 4.79 Å². The molecule has 5 aliphatic heterocycles. The van der Waals surface area contributed by atoms with Gasteiger partial charge in [-0.25, -0.2) is 14.4 Å². The summed E-state index contributed by atoms with van der Waals surface area (Å²) in [5, 5.41) is 9.54. The van der Waals surface area contributed by atoms with Gasteiger partial charge in [0.05, 0.1) is 104 Å². The van der Waals surface area contributed by atoms with Crippen LogP contribution in [0.15, 0.2) is 75.1 Å². The number of hydrogen-bond acceptors (Lipinski definition) is 19. The van der Waals surface area contributed by atoms with Gasteiger partial charge in [0.15, 0.2) is 5.78 Å². The highest BCUT2D eigenvalue weighted by molar-refractivity contribution is 5.90. The number of methoxy groups -OCH3 is 8. The van der Waals surface area contributed by atoms with Gasteiger partial charge >= 0.3 is 24.1 Å². The van der Waals surface area contributed by atoms with E-state index in [1.54, 1.807) is 48.5 Å². The Kier molecular flexibility index (Phi) is 50.4. The van der Waals surface area contributed by atoms with Gasteiger partial charge in [0.1, 0.15) is 23.9 Å². The molecule has 22 heteroatoms. The number of hydrogen-bond donors (Lipinski definition) is 0. The molecular formula is C51H88F3O19-. The van der Waals surface area contributed by atoms with Crippen LogP contribution in [-0.4, -0.2) is 188 Å². The third kappa shape index (κ3) is 56.8. The highest BCUT2D eigenvalue weighted by atomic mass is 19.4. The predicted octanol–water partition coefficient (Wildman–Crippen LogP) is 6.27. The van der Waals surface area contributed by atoms with Crippen LogP contribution in [0.25, 0.3) is 0 Å². The fraction of sp³-hybridized carbons (Fsp3) is 0.686. The molecule has 5 heterocycles. The van der Waals surface area contributed by atoms with Crippen LogP contribution in [0.3, 0.4) is 0 Å². The minimum absolute atomic E-state index is 0.0781. The zero-order valence-corrected chi connectivity index (χ0v) is 45.9. The maximum atomic E-state index is 11.5. The van der Waals surface area contributed by atoms with Gasteiger partial charge in [-0.15, -0.1) is 6.58 Å². The summed E-state index contributed by atoms with van der Waals surface area (Å²) in [5.74, 6) is -1.68.